The average molecular weight is 330 g/mol. The highest BCUT2D eigenvalue weighted by molar-refractivity contribution is 5.74. The van der Waals surface area contributed by atoms with Gasteiger partial charge in [0.15, 0.2) is 0 Å². The lowest BCUT2D eigenvalue weighted by molar-refractivity contribution is -0.385. The van der Waals surface area contributed by atoms with Crippen molar-refractivity contribution in [2.75, 3.05) is 6.54 Å². The number of carbonyl (C=O) groups is 1. The molecule has 6 heteroatoms. The van der Waals surface area contributed by atoms with E-state index in [1.165, 1.54) is 12.5 Å². The van der Waals surface area contributed by atoms with Crippen LogP contribution in [0.3, 0.4) is 0 Å². The smallest absolute Gasteiger partial charge is 0.320 e. The highest BCUT2D eigenvalue weighted by atomic mass is 16.6. The third-order valence-electron chi connectivity index (χ3n) is 5.25. The molecule has 6 nitrogen and oxygen atoms in total. The molecule has 0 amide bonds. The molecule has 1 aromatic carbocycles. The zero-order valence-corrected chi connectivity index (χ0v) is 13.5. The van der Waals surface area contributed by atoms with E-state index in [-0.39, 0.29) is 5.69 Å². The highest BCUT2D eigenvalue weighted by Gasteiger charge is 2.44. The van der Waals surface area contributed by atoms with E-state index in [2.05, 4.69) is 4.90 Å². The fourth-order valence-corrected chi connectivity index (χ4v) is 4.15. The van der Waals surface area contributed by atoms with E-state index in [1.54, 1.807) is 24.3 Å². The number of rotatable bonds is 5. The van der Waals surface area contributed by atoms with E-state index in [4.69, 9.17) is 0 Å². The van der Waals surface area contributed by atoms with E-state index in [1.807, 2.05) is 6.08 Å². The molecule has 3 unspecified atom stereocenters. The number of hydrogen-bond acceptors (Lipinski definition) is 4. The topological polar surface area (TPSA) is 83.7 Å². The van der Waals surface area contributed by atoms with Crippen molar-refractivity contribution < 1.29 is 14.8 Å². The Hall–Kier alpha value is -2.21. The van der Waals surface area contributed by atoms with Crippen molar-refractivity contribution in [1.82, 2.24) is 4.90 Å². The molecule has 1 aliphatic carbocycles. The molecular formula is C18H22N2O4. The van der Waals surface area contributed by atoms with Crippen LogP contribution >= 0.6 is 0 Å². The number of fused-ring (bicyclic) bond motifs is 1. The van der Waals surface area contributed by atoms with Gasteiger partial charge < -0.3 is 5.11 Å². The van der Waals surface area contributed by atoms with Gasteiger partial charge in [0.25, 0.3) is 5.69 Å². The molecule has 1 aromatic rings. The zero-order chi connectivity index (χ0) is 17.1. The number of nitro groups is 1. The molecule has 24 heavy (non-hydrogen) atoms. The van der Waals surface area contributed by atoms with E-state index in [0.717, 1.165) is 25.7 Å². The predicted molar refractivity (Wildman–Crippen MR) is 90.6 cm³/mol. The number of nitro benzene ring substituents is 1. The number of aliphatic carboxylic acids is 1. The summed E-state index contributed by atoms with van der Waals surface area (Å²) in [6.45, 7) is 0.518. The van der Waals surface area contributed by atoms with Gasteiger partial charge >= 0.3 is 5.97 Å². The van der Waals surface area contributed by atoms with Crippen molar-refractivity contribution in [1.29, 1.82) is 0 Å². The van der Waals surface area contributed by atoms with Gasteiger partial charge in [-0.2, -0.15) is 0 Å². The van der Waals surface area contributed by atoms with Crippen molar-refractivity contribution >= 4 is 17.7 Å². The van der Waals surface area contributed by atoms with Crippen LogP contribution in [-0.4, -0.2) is 39.5 Å². The summed E-state index contributed by atoms with van der Waals surface area (Å²) in [5.41, 5.74) is 0.620. The third-order valence-corrected chi connectivity index (χ3v) is 5.25. The molecule has 0 radical (unpaired) electrons. The summed E-state index contributed by atoms with van der Waals surface area (Å²) in [7, 11) is 0. The maximum Gasteiger partial charge on any atom is 0.320 e. The van der Waals surface area contributed by atoms with Crippen LogP contribution in [0.1, 0.15) is 37.7 Å². The van der Waals surface area contributed by atoms with Gasteiger partial charge in [0.05, 0.1) is 10.5 Å². The summed E-state index contributed by atoms with van der Waals surface area (Å²) in [5.74, 6) is -0.289. The second-order valence-electron chi connectivity index (χ2n) is 6.62. The minimum atomic E-state index is -0.761. The monoisotopic (exact) mass is 330 g/mol. The third kappa shape index (κ3) is 3.33. The highest BCUT2D eigenvalue weighted by Crippen LogP contribution is 2.39. The first-order valence-electron chi connectivity index (χ1n) is 8.46. The standard InChI is InChI=1S/C18H22N2O4/c21-18(22)17-12-14-7-2-3-9-15(14)19(17)11-5-8-13-6-1-4-10-16(13)20(23)24/h1,4-6,8,10,14-15,17H,2-3,7,9,11-12H2,(H,21,22)/b8-5+. The molecule has 2 fully saturated rings. The number of likely N-dealkylation sites (tertiary alicyclic amines) is 1. The lowest BCUT2D eigenvalue weighted by Gasteiger charge is -2.32. The second kappa shape index (κ2) is 7.13. The number of carboxylic acid groups (broad SMARTS) is 1. The Morgan fingerprint density at radius 2 is 2.08 bits per heavy atom. The van der Waals surface area contributed by atoms with Crippen LogP contribution in [0.15, 0.2) is 30.3 Å². The van der Waals surface area contributed by atoms with Crippen molar-refractivity contribution in [2.45, 2.75) is 44.2 Å². The van der Waals surface area contributed by atoms with Crippen LogP contribution in [0.25, 0.3) is 6.08 Å². The summed E-state index contributed by atoms with van der Waals surface area (Å²) in [5, 5.41) is 20.6. The van der Waals surface area contributed by atoms with Crippen LogP contribution in [0.2, 0.25) is 0 Å². The Balaban J connectivity index is 1.74. The SMILES string of the molecule is O=C(O)C1CC2CCCCC2N1C/C=C/c1ccccc1[N+](=O)[O-]. The van der Waals surface area contributed by atoms with Gasteiger partial charge in [-0.1, -0.05) is 37.1 Å². The fraction of sp³-hybridized carbons (Fsp3) is 0.500. The molecule has 1 N–H and O–H groups in total. The number of benzene rings is 1. The maximum absolute atomic E-state index is 11.6. The van der Waals surface area contributed by atoms with Crippen LogP contribution in [0, 0.1) is 16.0 Å². The van der Waals surface area contributed by atoms with Crippen molar-refractivity contribution in [2.24, 2.45) is 5.92 Å². The van der Waals surface area contributed by atoms with Gasteiger partial charge in [-0.05, 0) is 31.2 Å². The summed E-state index contributed by atoms with van der Waals surface area (Å²) >= 11 is 0. The van der Waals surface area contributed by atoms with Gasteiger partial charge in [0.2, 0.25) is 0 Å². The van der Waals surface area contributed by atoms with Gasteiger partial charge in [0.1, 0.15) is 6.04 Å². The number of hydrogen-bond donors (Lipinski definition) is 1. The Morgan fingerprint density at radius 1 is 1.33 bits per heavy atom. The van der Waals surface area contributed by atoms with Crippen molar-refractivity contribution in [3.05, 3.63) is 46.0 Å². The molecule has 3 rings (SSSR count). The minimum Gasteiger partial charge on any atom is -0.480 e. The second-order valence-corrected chi connectivity index (χ2v) is 6.62. The summed E-state index contributed by atoms with van der Waals surface area (Å²) in [4.78, 5) is 24.3. The molecule has 3 atom stereocenters. The first-order chi connectivity index (χ1) is 11.6. The summed E-state index contributed by atoms with van der Waals surface area (Å²) < 4.78 is 0. The molecule has 128 valence electrons. The van der Waals surface area contributed by atoms with E-state index >= 15 is 0 Å². The molecule has 2 aliphatic rings. The van der Waals surface area contributed by atoms with Gasteiger partial charge in [-0.25, -0.2) is 0 Å². The quantitative estimate of drug-likeness (QED) is 0.661. The molecule has 0 bridgehead atoms. The molecule has 1 saturated carbocycles. The van der Waals surface area contributed by atoms with Gasteiger partial charge in [-0.15, -0.1) is 0 Å². The van der Waals surface area contributed by atoms with Gasteiger partial charge in [0, 0.05) is 18.7 Å². The van der Waals surface area contributed by atoms with Crippen LogP contribution in [0.4, 0.5) is 5.69 Å². The predicted octanol–water partition coefficient (Wildman–Crippen LogP) is 3.33. The normalized spacial score (nSPS) is 27.2. The Morgan fingerprint density at radius 3 is 2.83 bits per heavy atom. The lowest BCUT2D eigenvalue weighted by atomic mass is 9.85. The summed E-state index contributed by atoms with van der Waals surface area (Å²) in [6, 6.07) is 6.48. The minimum absolute atomic E-state index is 0.0699. The number of para-hydroxylation sites is 1. The number of nitrogens with zero attached hydrogens (tertiary/aromatic N) is 2. The first-order valence-corrected chi connectivity index (χ1v) is 8.46. The lowest BCUT2D eigenvalue weighted by Crippen LogP contribution is -2.42. The summed E-state index contributed by atoms with van der Waals surface area (Å²) in [6.07, 6.45) is 8.81. The molecular weight excluding hydrogens is 308 g/mol. The molecule has 0 aromatic heterocycles. The van der Waals surface area contributed by atoms with Crippen LogP contribution in [0.5, 0.6) is 0 Å². The van der Waals surface area contributed by atoms with Gasteiger partial charge in [-0.3, -0.25) is 19.8 Å². The van der Waals surface area contributed by atoms with Crippen LogP contribution in [-0.2, 0) is 4.79 Å². The van der Waals surface area contributed by atoms with Crippen LogP contribution < -0.4 is 0 Å². The zero-order valence-electron chi connectivity index (χ0n) is 13.5. The molecule has 1 heterocycles. The van der Waals surface area contributed by atoms with Crippen molar-refractivity contribution in [3.63, 3.8) is 0 Å². The Labute approximate surface area is 140 Å². The van der Waals surface area contributed by atoms with E-state index in [0.29, 0.717) is 24.1 Å². The number of carboxylic acids is 1. The van der Waals surface area contributed by atoms with E-state index in [9.17, 15) is 20.0 Å². The largest absolute Gasteiger partial charge is 0.480 e. The fourth-order valence-electron chi connectivity index (χ4n) is 4.15. The first kappa shape index (κ1) is 16.6. The molecule has 1 aliphatic heterocycles. The average Bonchev–Trinajstić information content (AvgIpc) is 2.94. The van der Waals surface area contributed by atoms with Crippen molar-refractivity contribution in [3.8, 4) is 0 Å². The molecule has 1 saturated heterocycles. The Kier molecular flexibility index (Phi) is 4.94. The molecule has 0 spiro atoms. The Bertz CT molecular complexity index is 658. The maximum atomic E-state index is 11.6. The van der Waals surface area contributed by atoms with E-state index < -0.39 is 16.9 Å².